The molecule has 0 bridgehead atoms. The predicted molar refractivity (Wildman–Crippen MR) is 166 cm³/mol. The molecule has 5 rings (SSSR count). The van der Waals surface area contributed by atoms with Crippen LogP contribution in [-0.4, -0.2) is 85.4 Å². The summed E-state index contributed by atoms with van der Waals surface area (Å²) in [7, 11) is 1.71. The minimum Gasteiger partial charge on any atom is -0.465 e. The van der Waals surface area contributed by atoms with E-state index in [-0.39, 0.29) is 41.3 Å². The lowest BCUT2D eigenvalue weighted by molar-refractivity contribution is 0.0791. The first-order valence-corrected chi connectivity index (χ1v) is 14.7. The molecule has 0 aliphatic heterocycles. The van der Waals surface area contributed by atoms with Crippen LogP contribution in [0.5, 0.6) is 0 Å². The van der Waals surface area contributed by atoms with Crippen LogP contribution in [0.3, 0.4) is 0 Å². The smallest absolute Gasteiger partial charge is 0.413 e. The number of hydrogen-bond acceptors (Lipinski definition) is 9. The topological polar surface area (TPSA) is 210 Å². The third kappa shape index (κ3) is 7.55. The second kappa shape index (κ2) is 14.0. The number of anilines is 2. The molecule has 0 unspecified atom stereocenters. The maximum atomic E-state index is 13.1. The highest BCUT2D eigenvalue weighted by molar-refractivity contribution is 6.07. The van der Waals surface area contributed by atoms with Gasteiger partial charge in [-0.15, -0.1) is 0 Å². The highest BCUT2D eigenvalue weighted by Gasteiger charge is 2.29. The minimum atomic E-state index is -1.12. The van der Waals surface area contributed by atoms with Crippen LogP contribution in [0, 0.1) is 5.92 Å². The number of primary amides is 1. The normalized spacial score (nSPS) is 12.5. The summed E-state index contributed by atoms with van der Waals surface area (Å²) in [5.74, 6) is -1.13. The largest absolute Gasteiger partial charge is 0.465 e. The van der Waals surface area contributed by atoms with Crippen molar-refractivity contribution in [2.75, 3.05) is 37.0 Å². The Kier molecular flexibility index (Phi) is 9.71. The van der Waals surface area contributed by atoms with E-state index in [2.05, 4.69) is 20.4 Å². The number of aliphatic hydroxyl groups is 1. The van der Waals surface area contributed by atoms with E-state index in [1.54, 1.807) is 42.3 Å². The first-order valence-electron chi connectivity index (χ1n) is 14.7. The first kappa shape index (κ1) is 31.8. The number of aliphatic hydroxyl groups excluding tert-OH is 1. The number of amides is 4. The van der Waals surface area contributed by atoms with E-state index in [1.165, 1.54) is 28.0 Å². The van der Waals surface area contributed by atoms with Crippen molar-refractivity contribution in [3.05, 3.63) is 72.0 Å². The average Bonchev–Trinajstić information content (AvgIpc) is 3.55. The number of rotatable bonds is 14. The van der Waals surface area contributed by atoms with Crippen molar-refractivity contribution >= 4 is 35.3 Å². The number of unbranched alkanes of at least 4 members (excludes halogenated alkanes) is 2. The Morgan fingerprint density at radius 1 is 1.11 bits per heavy atom. The van der Waals surface area contributed by atoms with Gasteiger partial charge >= 0.3 is 6.09 Å². The van der Waals surface area contributed by atoms with Gasteiger partial charge < -0.3 is 30.6 Å². The summed E-state index contributed by atoms with van der Waals surface area (Å²) < 4.78 is 6.86. The molecule has 1 fully saturated rings. The lowest BCUT2D eigenvalue weighted by atomic mass is 10.1. The molecular formula is C31H34N8O7. The van der Waals surface area contributed by atoms with Crippen LogP contribution >= 0.6 is 0 Å². The van der Waals surface area contributed by atoms with E-state index in [0.717, 1.165) is 31.9 Å². The van der Waals surface area contributed by atoms with Gasteiger partial charge in [-0.2, -0.15) is 5.10 Å². The zero-order valence-corrected chi connectivity index (χ0v) is 25.1. The highest BCUT2D eigenvalue weighted by atomic mass is 16.4. The third-order valence-electron chi connectivity index (χ3n) is 7.45. The minimum absolute atomic E-state index is 0.0354. The molecule has 0 spiro atoms. The van der Waals surface area contributed by atoms with E-state index >= 15 is 0 Å². The molecule has 3 heterocycles. The molecule has 4 aromatic rings. The Bertz CT molecular complexity index is 1730. The van der Waals surface area contributed by atoms with Gasteiger partial charge in [0.1, 0.15) is 12.1 Å². The molecule has 5 N–H and O–H groups in total. The molecule has 1 aromatic carbocycles. The molecule has 0 radical (unpaired) electrons. The number of carbonyl (C=O) groups excluding carboxylic acids is 3. The molecule has 15 heteroatoms. The van der Waals surface area contributed by atoms with Gasteiger partial charge in [-0.1, -0.05) is 0 Å². The average molecular weight is 631 g/mol. The molecule has 1 saturated carbocycles. The molecule has 1 aliphatic rings. The summed E-state index contributed by atoms with van der Waals surface area (Å²) in [6.07, 6.45) is 7.11. The van der Waals surface area contributed by atoms with Crippen LogP contribution < -0.4 is 16.0 Å². The van der Waals surface area contributed by atoms with E-state index in [4.69, 9.17) is 15.3 Å². The third-order valence-corrected chi connectivity index (χ3v) is 7.45. The van der Waals surface area contributed by atoms with Gasteiger partial charge in [-0.05, 0) is 74.4 Å². The SMILES string of the molecule is CN(CCCCCO)C(=O)c1ccc(-n2cc(NC(=O)c3coc(-c4ccnc(N(CC5CC5)C(=O)O)c4)n3)c(C(N)=O)n2)cc1. The highest BCUT2D eigenvalue weighted by Crippen LogP contribution is 2.32. The van der Waals surface area contributed by atoms with Crippen molar-refractivity contribution in [1.82, 2.24) is 24.6 Å². The van der Waals surface area contributed by atoms with Gasteiger partial charge in [0.05, 0.1) is 17.6 Å². The number of nitrogens with one attached hydrogen (secondary N) is 1. The molecule has 46 heavy (non-hydrogen) atoms. The number of carbonyl (C=O) groups is 4. The van der Waals surface area contributed by atoms with Crippen molar-refractivity contribution in [2.24, 2.45) is 11.7 Å². The Hall–Kier alpha value is -5.57. The van der Waals surface area contributed by atoms with Crippen LogP contribution in [0.2, 0.25) is 0 Å². The second-order valence-electron chi connectivity index (χ2n) is 11.0. The van der Waals surface area contributed by atoms with Crippen molar-refractivity contribution in [2.45, 2.75) is 32.1 Å². The van der Waals surface area contributed by atoms with Crippen molar-refractivity contribution in [3.63, 3.8) is 0 Å². The molecule has 15 nitrogen and oxygen atoms in total. The number of benzene rings is 1. The quantitative estimate of drug-likeness (QED) is 0.149. The van der Waals surface area contributed by atoms with Crippen LogP contribution in [0.4, 0.5) is 16.3 Å². The van der Waals surface area contributed by atoms with Crippen LogP contribution in [0.25, 0.3) is 17.1 Å². The molecule has 1 aliphatic carbocycles. The van der Waals surface area contributed by atoms with Gasteiger partial charge in [0.2, 0.25) is 5.89 Å². The lowest BCUT2D eigenvalue weighted by Gasteiger charge is -2.18. The Balaban J connectivity index is 1.28. The van der Waals surface area contributed by atoms with Crippen molar-refractivity contribution in [1.29, 1.82) is 0 Å². The lowest BCUT2D eigenvalue weighted by Crippen LogP contribution is -2.32. The van der Waals surface area contributed by atoms with Crippen molar-refractivity contribution < 1.29 is 33.8 Å². The number of oxazole rings is 1. The van der Waals surface area contributed by atoms with E-state index < -0.39 is 17.9 Å². The van der Waals surface area contributed by atoms with Gasteiger partial charge in [-0.3, -0.25) is 19.3 Å². The Labute approximate surface area is 263 Å². The van der Waals surface area contributed by atoms with Crippen LogP contribution in [0.1, 0.15) is 63.4 Å². The predicted octanol–water partition coefficient (Wildman–Crippen LogP) is 3.40. The maximum absolute atomic E-state index is 13.1. The van der Waals surface area contributed by atoms with Gasteiger partial charge in [-0.25, -0.2) is 19.4 Å². The summed E-state index contributed by atoms with van der Waals surface area (Å²) >= 11 is 0. The fraction of sp³-hybridized carbons (Fsp3) is 0.323. The second-order valence-corrected chi connectivity index (χ2v) is 11.0. The number of carboxylic acid groups (broad SMARTS) is 1. The molecule has 4 amide bonds. The number of aromatic nitrogens is 4. The Morgan fingerprint density at radius 2 is 1.87 bits per heavy atom. The molecule has 0 atom stereocenters. The number of pyridine rings is 1. The van der Waals surface area contributed by atoms with E-state index in [1.807, 2.05) is 0 Å². The number of nitrogens with two attached hydrogens (primary N) is 1. The van der Waals surface area contributed by atoms with Gasteiger partial charge in [0.15, 0.2) is 11.4 Å². The summed E-state index contributed by atoms with van der Waals surface area (Å²) in [5.41, 5.74) is 6.67. The number of nitrogens with zero attached hydrogens (tertiary/aromatic N) is 6. The van der Waals surface area contributed by atoms with Crippen LogP contribution in [-0.2, 0) is 0 Å². The molecule has 240 valence electrons. The monoisotopic (exact) mass is 630 g/mol. The summed E-state index contributed by atoms with van der Waals surface area (Å²) in [6.45, 7) is 1.03. The number of hydrogen-bond donors (Lipinski definition) is 4. The van der Waals surface area contributed by atoms with E-state index in [9.17, 15) is 24.3 Å². The fourth-order valence-corrected chi connectivity index (χ4v) is 4.72. The van der Waals surface area contributed by atoms with E-state index in [0.29, 0.717) is 42.2 Å². The summed E-state index contributed by atoms with van der Waals surface area (Å²) in [6, 6.07) is 9.68. The standard InChI is InChI=1S/C31H34N8O7/c1-37(13-3-2-4-14-40)30(43)20-7-9-22(10-8-20)39-17-23(26(36-39)27(32)41)34-28(42)24-18-46-29(35-24)21-11-12-33-25(15-21)38(31(44)45)16-19-5-6-19/h7-12,15,17-19,40H,2-6,13-14,16H2,1H3,(H2,32,41)(H,34,42)(H,44,45). The summed E-state index contributed by atoms with van der Waals surface area (Å²) in [4.78, 5) is 61.0. The molecular weight excluding hydrogens is 596 g/mol. The first-order chi connectivity index (χ1) is 22.1. The Morgan fingerprint density at radius 3 is 2.54 bits per heavy atom. The van der Waals surface area contributed by atoms with Crippen LogP contribution in [0.15, 0.2) is 59.5 Å². The molecule has 3 aromatic heterocycles. The van der Waals surface area contributed by atoms with Gasteiger partial charge in [0.25, 0.3) is 17.7 Å². The zero-order valence-electron chi connectivity index (χ0n) is 25.1. The zero-order chi connectivity index (χ0) is 32.8. The maximum Gasteiger partial charge on any atom is 0.413 e. The fourth-order valence-electron chi connectivity index (χ4n) is 4.72. The van der Waals surface area contributed by atoms with Gasteiger partial charge in [0, 0.05) is 44.1 Å². The van der Waals surface area contributed by atoms with Crippen molar-refractivity contribution in [3.8, 4) is 17.1 Å². The summed E-state index contributed by atoms with van der Waals surface area (Å²) in [5, 5.41) is 25.4. The molecule has 0 saturated heterocycles.